The van der Waals surface area contributed by atoms with Crippen LogP contribution in [0.5, 0.6) is 5.75 Å². The molecular formula is C19H18BN3O3. The minimum Gasteiger partial charge on any atom is -0.493 e. The zero-order chi connectivity index (χ0) is 17.9. The van der Waals surface area contributed by atoms with E-state index in [0.717, 1.165) is 22.0 Å². The molecule has 3 aromatic rings. The molecule has 3 N–H and O–H groups in total. The summed E-state index contributed by atoms with van der Waals surface area (Å²) in [7, 11) is -0.748. The molecule has 26 heavy (non-hydrogen) atoms. The molecule has 130 valence electrons. The number of nitrogens with zero attached hydrogens (tertiary/aromatic N) is 1. The van der Waals surface area contributed by atoms with Gasteiger partial charge in [0, 0.05) is 35.5 Å². The van der Waals surface area contributed by atoms with Crippen molar-refractivity contribution in [2.75, 3.05) is 18.5 Å². The number of hydrogen-bond donors (Lipinski definition) is 3. The molecule has 1 amide bonds. The molecule has 1 aromatic heterocycles. The molecule has 0 unspecified atom stereocenters. The number of anilines is 1. The van der Waals surface area contributed by atoms with Crippen molar-refractivity contribution in [2.45, 2.75) is 6.42 Å². The van der Waals surface area contributed by atoms with Crippen LogP contribution in [0.1, 0.15) is 5.56 Å². The molecule has 1 aliphatic heterocycles. The van der Waals surface area contributed by atoms with Crippen molar-refractivity contribution < 1.29 is 14.6 Å². The zero-order valence-corrected chi connectivity index (χ0v) is 14.1. The van der Waals surface area contributed by atoms with Crippen molar-refractivity contribution in [2.24, 2.45) is 0 Å². The number of ether oxygens (including phenoxy) is 1. The van der Waals surface area contributed by atoms with E-state index in [-0.39, 0.29) is 12.3 Å². The molecule has 6 nitrogen and oxygen atoms in total. The average molecular weight is 347 g/mol. The smallest absolute Gasteiger partial charge is 0.417 e. The Kier molecular flexibility index (Phi) is 4.56. The highest BCUT2D eigenvalue weighted by atomic mass is 16.5. The van der Waals surface area contributed by atoms with Crippen LogP contribution in [0.15, 0.2) is 54.9 Å². The van der Waals surface area contributed by atoms with E-state index in [1.54, 1.807) is 18.5 Å². The van der Waals surface area contributed by atoms with Crippen LogP contribution in [0, 0.1) is 0 Å². The lowest BCUT2D eigenvalue weighted by molar-refractivity contribution is -0.115. The van der Waals surface area contributed by atoms with Crippen molar-refractivity contribution in [3.8, 4) is 5.75 Å². The van der Waals surface area contributed by atoms with E-state index in [2.05, 4.69) is 15.5 Å². The van der Waals surface area contributed by atoms with Gasteiger partial charge in [0.05, 0.1) is 13.0 Å². The minimum atomic E-state index is -0.748. The molecule has 0 saturated carbocycles. The molecule has 1 aliphatic rings. The van der Waals surface area contributed by atoms with Crippen LogP contribution < -0.4 is 20.7 Å². The molecule has 0 radical (unpaired) electrons. The third-order valence-electron chi connectivity index (χ3n) is 4.36. The predicted octanol–water partition coefficient (Wildman–Crippen LogP) is 1.09. The molecule has 0 aliphatic carbocycles. The number of rotatable bonds is 3. The van der Waals surface area contributed by atoms with Gasteiger partial charge in [-0.1, -0.05) is 18.2 Å². The third-order valence-corrected chi connectivity index (χ3v) is 4.36. The van der Waals surface area contributed by atoms with Crippen LogP contribution in [0.2, 0.25) is 0 Å². The number of carbonyl (C=O) groups excluding carboxylic acids is 1. The lowest BCUT2D eigenvalue weighted by atomic mass is 9.73. The van der Waals surface area contributed by atoms with Crippen molar-refractivity contribution >= 4 is 34.9 Å². The highest BCUT2D eigenvalue weighted by Crippen LogP contribution is 2.19. The summed E-state index contributed by atoms with van der Waals surface area (Å²) in [6.07, 6.45) is 3.75. The number of amides is 1. The second-order valence-electron chi connectivity index (χ2n) is 6.24. The van der Waals surface area contributed by atoms with Gasteiger partial charge in [0.15, 0.2) is 0 Å². The van der Waals surface area contributed by atoms with Gasteiger partial charge in [-0.15, -0.1) is 0 Å². The molecule has 0 fully saturated rings. The average Bonchev–Trinajstić information content (AvgIpc) is 2.83. The number of fused-ring (bicyclic) bond motifs is 2. The lowest BCUT2D eigenvalue weighted by Gasteiger charge is -2.11. The monoisotopic (exact) mass is 347 g/mol. The molecular weight excluding hydrogens is 329 g/mol. The maximum absolute atomic E-state index is 12.4. The molecule has 0 spiro atoms. The van der Waals surface area contributed by atoms with Crippen LogP contribution in [0.4, 0.5) is 5.69 Å². The van der Waals surface area contributed by atoms with Crippen LogP contribution in [0.25, 0.3) is 10.8 Å². The van der Waals surface area contributed by atoms with E-state index in [9.17, 15) is 9.82 Å². The van der Waals surface area contributed by atoms with Gasteiger partial charge < -0.3 is 20.3 Å². The number of pyridine rings is 1. The molecule has 7 heteroatoms. The number of aromatic nitrogens is 1. The fourth-order valence-corrected chi connectivity index (χ4v) is 3.06. The van der Waals surface area contributed by atoms with Crippen LogP contribution >= 0.6 is 0 Å². The van der Waals surface area contributed by atoms with Gasteiger partial charge >= 0.3 is 7.05 Å². The number of benzene rings is 2. The maximum atomic E-state index is 12.4. The van der Waals surface area contributed by atoms with E-state index in [4.69, 9.17) is 4.74 Å². The predicted molar refractivity (Wildman–Crippen MR) is 102 cm³/mol. The van der Waals surface area contributed by atoms with Crippen molar-refractivity contribution in [3.63, 3.8) is 0 Å². The first-order chi connectivity index (χ1) is 12.7. The lowest BCUT2D eigenvalue weighted by Crippen LogP contribution is -2.44. The standard InChI is InChI=1S/C19H18BN3O3/c24-19(23-16-3-2-15-12-21-6-5-14(15)11-16)10-13-1-4-17-18(9-13)26-8-7-22-20(17)25/h1-6,9,11-12,22,25H,7-8,10H2,(H,23,24). The summed E-state index contributed by atoms with van der Waals surface area (Å²) in [5, 5.41) is 18.0. The Hall–Kier alpha value is -2.90. The Labute approximate surface area is 151 Å². The molecule has 4 rings (SSSR count). The Balaban J connectivity index is 1.48. The summed E-state index contributed by atoms with van der Waals surface area (Å²) in [6, 6.07) is 13.1. The fourth-order valence-electron chi connectivity index (χ4n) is 3.06. The number of nitrogens with one attached hydrogen (secondary N) is 2. The van der Waals surface area contributed by atoms with Gasteiger partial charge in [-0.05, 0) is 35.2 Å². The van der Waals surface area contributed by atoms with Crippen molar-refractivity contribution in [3.05, 3.63) is 60.4 Å². The summed E-state index contributed by atoms with van der Waals surface area (Å²) < 4.78 is 5.65. The summed E-state index contributed by atoms with van der Waals surface area (Å²) in [6.45, 7) is 1.05. The normalized spacial score (nSPS) is 13.7. The minimum absolute atomic E-state index is 0.106. The van der Waals surface area contributed by atoms with Crippen LogP contribution in [0.3, 0.4) is 0 Å². The highest BCUT2D eigenvalue weighted by molar-refractivity contribution is 6.64. The summed E-state index contributed by atoms with van der Waals surface area (Å²) >= 11 is 0. The summed E-state index contributed by atoms with van der Waals surface area (Å²) in [4.78, 5) is 16.5. The Bertz CT molecular complexity index is 964. The quantitative estimate of drug-likeness (QED) is 0.618. The van der Waals surface area contributed by atoms with Crippen LogP contribution in [-0.2, 0) is 11.2 Å². The fraction of sp³-hybridized carbons (Fsp3) is 0.158. The number of carbonyl (C=O) groups is 1. The first-order valence-electron chi connectivity index (χ1n) is 8.50. The topological polar surface area (TPSA) is 83.5 Å². The second-order valence-corrected chi connectivity index (χ2v) is 6.24. The van der Waals surface area contributed by atoms with Gasteiger partial charge in [0.2, 0.25) is 5.91 Å². The molecule has 0 saturated heterocycles. The molecule has 2 heterocycles. The number of hydrogen-bond acceptors (Lipinski definition) is 5. The Morgan fingerprint density at radius 2 is 2.15 bits per heavy atom. The van der Waals surface area contributed by atoms with Crippen molar-refractivity contribution in [1.29, 1.82) is 0 Å². The third kappa shape index (κ3) is 3.54. The van der Waals surface area contributed by atoms with E-state index in [0.29, 0.717) is 24.4 Å². The van der Waals surface area contributed by atoms with Gasteiger partial charge in [-0.25, -0.2) is 0 Å². The molecule has 0 bridgehead atoms. The van der Waals surface area contributed by atoms with Crippen LogP contribution in [-0.4, -0.2) is 36.1 Å². The Morgan fingerprint density at radius 3 is 3.08 bits per heavy atom. The summed E-state index contributed by atoms with van der Waals surface area (Å²) in [5.74, 6) is 0.511. The van der Waals surface area contributed by atoms with E-state index in [1.165, 1.54) is 0 Å². The van der Waals surface area contributed by atoms with E-state index in [1.807, 2.05) is 36.4 Å². The second kappa shape index (κ2) is 7.15. The first-order valence-corrected chi connectivity index (χ1v) is 8.50. The summed E-state index contributed by atoms with van der Waals surface area (Å²) in [5.41, 5.74) is 2.27. The molecule has 0 atom stereocenters. The Morgan fingerprint density at radius 1 is 1.23 bits per heavy atom. The highest BCUT2D eigenvalue weighted by Gasteiger charge is 2.22. The van der Waals surface area contributed by atoms with Gasteiger partial charge in [-0.3, -0.25) is 9.78 Å². The van der Waals surface area contributed by atoms with Gasteiger partial charge in [-0.2, -0.15) is 0 Å². The van der Waals surface area contributed by atoms with Gasteiger partial charge in [0.1, 0.15) is 5.75 Å². The van der Waals surface area contributed by atoms with E-state index < -0.39 is 7.05 Å². The van der Waals surface area contributed by atoms with Crippen molar-refractivity contribution in [1.82, 2.24) is 10.2 Å². The first kappa shape index (κ1) is 16.6. The van der Waals surface area contributed by atoms with Gasteiger partial charge in [0.25, 0.3) is 0 Å². The maximum Gasteiger partial charge on any atom is 0.417 e. The SMILES string of the molecule is O=C(Cc1ccc2c(c1)OCCNB2O)Nc1ccc2cnccc2c1. The molecule has 2 aromatic carbocycles. The van der Waals surface area contributed by atoms with E-state index >= 15 is 0 Å². The zero-order valence-electron chi connectivity index (χ0n) is 14.1. The largest absolute Gasteiger partial charge is 0.493 e.